The van der Waals surface area contributed by atoms with Gasteiger partial charge >= 0.3 is 0 Å². The number of amides is 1. The van der Waals surface area contributed by atoms with Gasteiger partial charge in [-0.1, -0.05) is 119 Å². The van der Waals surface area contributed by atoms with Crippen LogP contribution in [0.5, 0.6) is 0 Å². The Morgan fingerprint density at radius 2 is 1.61 bits per heavy atom. The van der Waals surface area contributed by atoms with Gasteiger partial charge in [-0.3, -0.25) is 4.79 Å². The molecule has 0 spiro atoms. The number of allylic oxidation sites excluding steroid dienone is 7. The first-order valence-electron chi connectivity index (χ1n) is 18.8. The van der Waals surface area contributed by atoms with Crippen molar-refractivity contribution in [2.24, 2.45) is 10.8 Å². The minimum Gasteiger partial charge on any atom is -0.361 e. The molecule has 51 heavy (non-hydrogen) atoms. The van der Waals surface area contributed by atoms with Crippen LogP contribution in [0.15, 0.2) is 109 Å². The van der Waals surface area contributed by atoms with Crippen molar-refractivity contribution < 1.29 is 4.79 Å². The fourth-order valence-electron chi connectivity index (χ4n) is 7.98. The van der Waals surface area contributed by atoms with Gasteiger partial charge in [0.15, 0.2) is 5.13 Å². The van der Waals surface area contributed by atoms with Crippen molar-refractivity contribution in [1.29, 1.82) is 0 Å². The van der Waals surface area contributed by atoms with Crippen LogP contribution in [0.2, 0.25) is 0 Å². The summed E-state index contributed by atoms with van der Waals surface area (Å²) in [5, 5.41) is 9.83. The fraction of sp³-hybridized carbons (Fsp3) is 0.435. The van der Waals surface area contributed by atoms with Crippen LogP contribution >= 0.6 is 11.3 Å². The number of benzene rings is 2. The quantitative estimate of drug-likeness (QED) is 0.106. The topological polar surface area (TPSA) is 54.0 Å². The Balaban J connectivity index is 0.000000621. The summed E-state index contributed by atoms with van der Waals surface area (Å²) in [5.41, 5.74) is 10.4. The highest BCUT2D eigenvalue weighted by Gasteiger charge is 2.69. The first kappa shape index (κ1) is 41.5. The van der Waals surface area contributed by atoms with Crippen LogP contribution in [0.3, 0.4) is 0 Å². The van der Waals surface area contributed by atoms with E-state index in [1.165, 1.54) is 41.5 Å². The van der Waals surface area contributed by atoms with E-state index in [4.69, 9.17) is 4.98 Å². The average Bonchev–Trinajstić information content (AvgIpc) is 3.69. The molecule has 0 bridgehead atoms. The number of rotatable bonds is 13. The number of fused-ring (bicyclic) bond motifs is 3. The van der Waals surface area contributed by atoms with E-state index >= 15 is 0 Å². The predicted octanol–water partition coefficient (Wildman–Crippen LogP) is 12.6. The lowest BCUT2D eigenvalue weighted by Crippen LogP contribution is -2.58. The summed E-state index contributed by atoms with van der Waals surface area (Å²) < 4.78 is 0. The van der Waals surface area contributed by atoms with Gasteiger partial charge in [-0.15, -0.1) is 24.5 Å². The molecule has 1 heterocycles. The molecule has 0 radical (unpaired) electrons. The van der Waals surface area contributed by atoms with E-state index in [0.717, 1.165) is 35.8 Å². The Hall–Kier alpha value is -3.96. The Morgan fingerprint density at radius 3 is 2.24 bits per heavy atom. The number of carbonyl (C=O) groups is 1. The lowest BCUT2D eigenvalue weighted by atomic mass is 9.40. The average molecular weight is 706 g/mol. The van der Waals surface area contributed by atoms with Gasteiger partial charge in [-0.25, -0.2) is 4.98 Å². The fourth-order valence-corrected chi connectivity index (χ4v) is 8.75. The zero-order valence-corrected chi connectivity index (χ0v) is 33.7. The Morgan fingerprint density at radius 1 is 0.941 bits per heavy atom. The summed E-state index contributed by atoms with van der Waals surface area (Å²) in [7, 11) is 0. The van der Waals surface area contributed by atoms with Crippen LogP contribution in [0.25, 0.3) is 5.57 Å². The maximum atomic E-state index is 12.2. The van der Waals surface area contributed by atoms with E-state index in [-0.39, 0.29) is 16.7 Å². The zero-order chi connectivity index (χ0) is 37.6. The molecule has 4 nitrogen and oxygen atoms in total. The largest absolute Gasteiger partial charge is 0.361 e. The highest BCUT2D eigenvalue weighted by atomic mass is 32.1. The van der Waals surface area contributed by atoms with Crippen molar-refractivity contribution in [3.63, 3.8) is 0 Å². The SMILES string of the molecule is C=C.CC/C=C\C=C(C)C.CCCNC(=O)/C(C)=C/C=C(\C)c1csc(NCC2(CCC)CC3c4ccccc4C(c4ccccc4C)C32C)n1. The molecule has 274 valence electrons. The molecule has 2 N–H and O–H groups in total. The van der Waals surface area contributed by atoms with Crippen LogP contribution in [0, 0.1) is 17.8 Å². The number of carbonyl (C=O) groups excluding carboxylic acids is 1. The van der Waals surface area contributed by atoms with Crippen molar-refractivity contribution in [2.75, 3.05) is 18.4 Å². The smallest absolute Gasteiger partial charge is 0.246 e. The monoisotopic (exact) mass is 705 g/mol. The van der Waals surface area contributed by atoms with Crippen LogP contribution in [0.4, 0.5) is 5.13 Å². The number of aromatic nitrogens is 1. The van der Waals surface area contributed by atoms with Gasteiger partial charge in [0, 0.05) is 30.0 Å². The first-order valence-corrected chi connectivity index (χ1v) is 19.7. The summed E-state index contributed by atoms with van der Waals surface area (Å²) in [5.74, 6) is 0.968. The molecule has 1 aromatic heterocycles. The summed E-state index contributed by atoms with van der Waals surface area (Å²) in [4.78, 5) is 17.2. The molecule has 4 atom stereocenters. The van der Waals surface area contributed by atoms with E-state index < -0.39 is 0 Å². The molecule has 0 aliphatic heterocycles. The molecule has 4 unspecified atom stereocenters. The van der Waals surface area contributed by atoms with E-state index in [9.17, 15) is 4.79 Å². The zero-order valence-electron chi connectivity index (χ0n) is 32.9. The van der Waals surface area contributed by atoms with Crippen molar-refractivity contribution in [3.05, 3.63) is 137 Å². The van der Waals surface area contributed by atoms with Gasteiger partial charge in [0.2, 0.25) is 5.91 Å². The standard InChI is InChI=1S/C36H45N3OS.C8H14.C2H4/c1-7-19-36(23-38-34-39-31(22-41-34)25(4)17-18-26(5)33(40)37-20-8-2)21-30-28-15-11-12-16-29(28)32(35(30,36)6)27-14-10-9-13-24(27)3;1-4-5-6-7-8(2)3;1-2/h9-18,22,30,32H,7-8,19-21,23H2,1-6H3,(H,37,40)(H,38,39);5-7H,4H2,1-3H3;1-2H2/b25-17+,26-18+;6-5-;. The molecule has 1 amide bonds. The minimum atomic E-state index is -0.0110. The maximum Gasteiger partial charge on any atom is 0.246 e. The summed E-state index contributed by atoms with van der Waals surface area (Å²) in [6.45, 7) is 27.1. The summed E-state index contributed by atoms with van der Waals surface area (Å²) >= 11 is 1.67. The molecule has 1 saturated carbocycles. The van der Waals surface area contributed by atoms with Crippen molar-refractivity contribution >= 4 is 27.9 Å². The third-order valence-corrected chi connectivity index (χ3v) is 11.5. The molecule has 5 rings (SSSR count). The van der Waals surface area contributed by atoms with E-state index in [1.807, 2.05) is 19.1 Å². The van der Waals surface area contributed by atoms with Crippen LogP contribution in [-0.4, -0.2) is 24.0 Å². The number of nitrogens with zero attached hydrogens (tertiary/aromatic N) is 1. The molecule has 0 saturated heterocycles. The first-order chi connectivity index (χ1) is 24.5. The van der Waals surface area contributed by atoms with Gasteiger partial charge in [0.25, 0.3) is 0 Å². The second-order valence-corrected chi connectivity index (χ2v) is 15.3. The molecular formula is C46H63N3OS. The Labute approximate surface area is 314 Å². The molecular weight excluding hydrogens is 643 g/mol. The van der Waals surface area contributed by atoms with Gasteiger partial charge < -0.3 is 10.6 Å². The van der Waals surface area contributed by atoms with Gasteiger partial charge in [0.05, 0.1) is 5.69 Å². The molecule has 2 aromatic carbocycles. The summed E-state index contributed by atoms with van der Waals surface area (Å²) in [6.07, 6.45) is 15.9. The number of hydrogen-bond donors (Lipinski definition) is 2. The Bertz CT molecular complexity index is 1710. The highest BCUT2D eigenvalue weighted by Crippen LogP contribution is 2.77. The van der Waals surface area contributed by atoms with Crippen LogP contribution in [0.1, 0.15) is 127 Å². The molecule has 2 aliphatic carbocycles. The van der Waals surface area contributed by atoms with Crippen LogP contribution < -0.4 is 10.6 Å². The number of aryl methyl sites for hydroxylation is 1. The summed E-state index contributed by atoms with van der Waals surface area (Å²) in [6, 6.07) is 18.2. The highest BCUT2D eigenvalue weighted by molar-refractivity contribution is 7.13. The molecule has 2 aliphatic rings. The van der Waals surface area contributed by atoms with Crippen molar-refractivity contribution in [3.8, 4) is 0 Å². The lowest BCUT2D eigenvalue weighted by Gasteiger charge is -2.64. The van der Waals surface area contributed by atoms with E-state index in [0.29, 0.717) is 24.0 Å². The maximum absolute atomic E-state index is 12.2. The normalized spacial score (nSPS) is 22.0. The predicted molar refractivity (Wildman–Crippen MR) is 224 cm³/mol. The van der Waals surface area contributed by atoms with Gasteiger partial charge in [-0.2, -0.15) is 0 Å². The molecule has 1 fully saturated rings. The van der Waals surface area contributed by atoms with Gasteiger partial charge in [-0.05, 0) is 105 Å². The second-order valence-electron chi connectivity index (χ2n) is 14.4. The number of hydrogen-bond acceptors (Lipinski definition) is 4. The number of thiazole rings is 1. The number of anilines is 1. The lowest BCUT2D eigenvalue weighted by molar-refractivity contribution is -0.117. The van der Waals surface area contributed by atoms with Crippen molar-refractivity contribution in [1.82, 2.24) is 10.3 Å². The third kappa shape index (κ3) is 9.48. The molecule has 3 aromatic rings. The second kappa shape index (κ2) is 19.6. The van der Waals surface area contributed by atoms with E-state index in [2.05, 4.69) is 151 Å². The number of nitrogens with one attached hydrogen (secondary N) is 2. The van der Waals surface area contributed by atoms with E-state index in [1.54, 1.807) is 16.9 Å². The van der Waals surface area contributed by atoms with Gasteiger partial charge in [0.1, 0.15) is 0 Å². The third-order valence-electron chi connectivity index (χ3n) is 10.7. The minimum absolute atomic E-state index is 0.0110. The van der Waals surface area contributed by atoms with Crippen LogP contribution in [-0.2, 0) is 4.79 Å². The molecule has 5 heteroatoms. The van der Waals surface area contributed by atoms with Crippen molar-refractivity contribution in [2.45, 2.75) is 106 Å². The Kier molecular flexibility index (Phi) is 15.9.